The molecule has 0 aromatic heterocycles. The molecule has 1 aliphatic heterocycles. The van der Waals surface area contributed by atoms with Crippen LogP contribution in [0.25, 0.3) is 0 Å². The van der Waals surface area contributed by atoms with Crippen molar-refractivity contribution in [2.45, 2.75) is 84.2 Å². The van der Waals surface area contributed by atoms with Gasteiger partial charge in [-0.1, -0.05) is 40.0 Å². The number of nitrogens with one attached hydrogen (secondary N) is 3. The van der Waals surface area contributed by atoms with Crippen molar-refractivity contribution in [2.75, 3.05) is 13.1 Å². The van der Waals surface area contributed by atoms with Gasteiger partial charge in [0.15, 0.2) is 0 Å². The van der Waals surface area contributed by atoms with Crippen molar-refractivity contribution in [2.24, 2.45) is 11.8 Å². The Hall–Kier alpha value is -2.04. The van der Waals surface area contributed by atoms with E-state index in [0.717, 1.165) is 32.1 Å². The molecule has 1 fully saturated rings. The first kappa shape index (κ1) is 29.0. The van der Waals surface area contributed by atoms with Crippen LogP contribution in [0.1, 0.15) is 72.1 Å². The number of nitrogens with zero attached hydrogens (tertiary/aromatic N) is 1. The molecule has 3 atom stereocenters. The molecule has 0 aromatic rings. The molecule has 1 saturated heterocycles. The van der Waals surface area contributed by atoms with Gasteiger partial charge in [-0.05, 0) is 31.6 Å². The third kappa shape index (κ3) is 10.7. The number of likely N-dealkylation sites (tertiary alicyclic amines) is 1. The molecule has 10 heteroatoms. The van der Waals surface area contributed by atoms with Gasteiger partial charge in [0.1, 0.15) is 12.8 Å². The van der Waals surface area contributed by atoms with Gasteiger partial charge in [-0.15, -0.1) is 0 Å². The molecule has 31 heavy (non-hydrogen) atoms. The summed E-state index contributed by atoms with van der Waals surface area (Å²) in [5.74, 6) is -1.49. The topological polar surface area (TPSA) is 148 Å². The summed E-state index contributed by atoms with van der Waals surface area (Å²) in [6.07, 6.45) is 5.30. The maximum absolute atomic E-state index is 13.1. The van der Waals surface area contributed by atoms with Crippen LogP contribution in [-0.2, 0) is 19.2 Å². The quantitative estimate of drug-likeness (QED) is 0.164. The van der Waals surface area contributed by atoms with E-state index in [2.05, 4.69) is 17.7 Å². The van der Waals surface area contributed by atoms with E-state index >= 15 is 0 Å². The summed E-state index contributed by atoms with van der Waals surface area (Å²) >= 11 is 0. The predicted octanol–water partition coefficient (Wildman–Crippen LogP) is 1.39. The van der Waals surface area contributed by atoms with Crippen LogP contribution >= 0.6 is 0 Å². The molecular formula is C21H40N4O6. The van der Waals surface area contributed by atoms with E-state index in [-0.39, 0.29) is 30.2 Å². The second-order valence-electron chi connectivity index (χ2n) is 8.31. The van der Waals surface area contributed by atoms with E-state index < -0.39 is 17.9 Å². The molecule has 1 aliphatic rings. The Morgan fingerprint density at radius 3 is 2.39 bits per heavy atom. The van der Waals surface area contributed by atoms with Crippen LogP contribution in [-0.4, -0.2) is 65.0 Å². The number of carbonyl (C=O) groups excluding carboxylic acids is 4. The summed E-state index contributed by atoms with van der Waals surface area (Å²) in [5.41, 5.74) is 3.73. The standard InChI is InChI=1S/C20H38N4O5.CH2O/c1-4-5-6-8-15(12-18(25)23-29)19(26)22-17(11-14(2)3)20(27)24-10-7-9-16(24)13-21-28;1-2/h14-17,21,28-29H,4-13H2,1-3H3,(H,22,26)(H,23,25);1H2/t15-,16+,17+;/m1./s1. The smallest absolute Gasteiger partial charge is 0.245 e. The molecule has 1 heterocycles. The van der Waals surface area contributed by atoms with Crippen molar-refractivity contribution in [1.82, 2.24) is 21.2 Å². The first-order chi connectivity index (χ1) is 14.8. The van der Waals surface area contributed by atoms with E-state index in [1.165, 1.54) is 0 Å². The van der Waals surface area contributed by atoms with Gasteiger partial charge in [-0.3, -0.25) is 19.6 Å². The predicted molar refractivity (Wildman–Crippen MR) is 115 cm³/mol. The first-order valence-electron chi connectivity index (χ1n) is 11.0. The van der Waals surface area contributed by atoms with Gasteiger partial charge in [0.25, 0.3) is 0 Å². The lowest BCUT2D eigenvalue weighted by atomic mass is 9.95. The highest BCUT2D eigenvalue weighted by molar-refractivity contribution is 5.90. The van der Waals surface area contributed by atoms with Crippen molar-refractivity contribution < 1.29 is 29.6 Å². The normalized spacial score (nSPS) is 17.5. The number of hydrogen-bond acceptors (Lipinski definition) is 7. The summed E-state index contributed by atoms with van der Waals surface area (Å²) in [6, 6.07) is -0.771. The fourth-order valence-electron chi connectivity index (χ4n) is 3.86. The molecule has 3 amide bonds. The van der Waals surface area contributed by atoms with Crippen LogP contribution in [0.5, 0.6) is 0 Å². The monoisotopic (exact) mass is 444 g/mol. The number of hydroxylamine groups is 2. The van der Waals surface area contributed by atoms with E-state index in [1.807, 2.05) is 20.6 Å². The lowest BCUT2D eigenvalue weighted by Crippen LogP contribution is -2.53. The average Bonchev–Trinajstić information content (AvgIpc) is 3.21. The number of unbranched alkanes of at least 4 members (excludes halogenated alkanes) is 2. The van der Waals surface area contributed by atoms with Crippen molar-refractivity contribution in [1.29, 1.82) is 0 Å². The number of hydrogen-bond donors (Lipinski definition) is 5. The Morgan fingerprint density at radius 2 is 1.84 bits per heavy atom. The van der Waals surface area contributed by atoms with Crippen LogP contribution in [0, 0.1) is 11.8 Å². The molecule has 0 radical (unpaired) electrons. The minimum Gasteiger partial charge on any atom is -0.344 e. The number of amides is 3. The zero-order valence-corrected chi connectivity index (χ0v) is 19.1. The maximum atomic E-state index is 13.1. The zero-order valence-electron chi connectivity index (χ0n) is 19.1. The Morgan fingerprint density at radius 1 is 1.16 bits per heavy atom. The molecule has 1 rings (SSSR count). The molecule has 0 unspecified atom stereocenters. The van der Waals surface area contributed by atoms with E-state index in [4.69, 9.17) is 15.2 Å². The highest BCUT2D eigenvalue weighted by atomic mass is 16.5. The highest BCUT2D eigenvalue weighted by Gasteiger charge is 2.35. The SMILES string of the molecule is C=O.CCCCC[C@H](CC(=O)NO)C(=O)N[C@@H](CC(C)C)C(=O)N1CCC[C@H]1CNO. The Labute approximate surface area is 185 Å². The van der Waals surface area contributed by atoms with Crippen molar-refractivity contribution >= 4 is 24.5 Å². The maximum Gasteiger partial charge on any atom is 0.245 e. The second-order valence-corrected chi connectivity index (χ2v) is 8.31. The van der Waals surface area contributed by atoms with E-state index in [1.54, 1.807) is 10.4 Å². The van der Waals surface area contributed by atoms with Crippen LogP contribution in [0.2, 0.25) is 0 Å². The largest absolute Gasteiger partial charge is 0.344 e. The molecule has 0 bridgehead atoms. The average molecular weight is 445 g/mol. The molecule has 0 saturated carbocycles. The third-order valence-corrected chi connectivity index (χ3v) is 5.39. The minimum absolute atomic E-state index is 0.0976. The minimum atomic E-state index is -0.673. The molecule has 10 nitrogen and oxygen atoms in total. The van der Waals surface area contributed by atoms with Crippen LogP contribution in [0.3, 0.4) is 0 Å². The fraction of sp³-hybridized carbons (Fsp3) is 0.810. The molecule has 5 N–H and O–H groups in total. The summed E-state index contributed by atoms with van der Waals surface area (Å²) in [5, 5.41) is 20.7. The Bertz CT molecular complexity index is 546. The zero-order chi connectivity index (χ0) is 23.8. The van der Waals surface area contributed by atoms with Crippen LogP contribution in [0.4, 0.5) is 0 Å². The molecule has 0 aliphatic carbocycles. The van der Waals surface area contributed by atoms with Crippen molar-refractivity contribution in [3.63, 3.8) is 0 Å². The first-order valence-corrected chi connectivity index (χ1v) is 11.0. The lowest BCUT2D eigenvalue weighted by Gasteiger charge is -2.30. The van der Waals surface area contributed by atoms with Gasteiger partial charge in [0.05, 0.1) is 0 Å². The Kier molecular flexibility index (Phi) is 15.5. The van der Waals surface area contributed by atoms with Gasteiger partial charge in [-0.25, -0.2) is 11.0 Å². The fourth-order valence-corrected chi connectivity index (χ4v) is 3.86. The highest BCUT2D eigenvalue weighted by Crippen LogP contribution is 2.21. The molecule has 0 spiro atoms. The lowest BCUT2D eigenvalue weighted by molar-refractivity contribution is -0.140. The van der Waals surface area contributed by atoms with E-state index in [0.29, 0.717) is 25.9 Å². The number of carbonyl (C=O) groups is 4. The Balaban J connectivity index is 0.00000436. The van der Waals surface area contributed by atoms with Crippen LogP contribution < -0.4 is 16.3 Å². The van der Waals surface area contributed by atoms with Crippen molar-refractivity contribution in [3.8, 4) is 0 Å². The van der Waals surface area contributed by atoms with Gasteiger partial charge >= 0.3 is 0 Å². The summed E-state index contributed by atoms with van der Waals surface area (Å²) in [7, 11) is 0. The van der Waals surface area contributed by atoms with Crippen LogP contribution in [0.15, 0.2) is 0 Å². The molecular weight excluding hydrogens is 404 g/mol. The van der Waals surface area contributed by atoms with Gasteiger partial charge in [0.2, 0.25) is 17.7 Å². The summed E-state index contributed by atoms with van der Waals surface area (Å²) in [6.45, 7) is 8.93. The molecule has 0 aromatic carbocycles. The van der Waals surface area contributed by atoms with Gasteiger partial charge < -0.3 is 20.2 Å². The summed E-state index contributed by atoms with van der Waals surface area (Å²) < 4.78 is 0. The molecule has 180 valence electrons. The summed E-state index contributed by atoms with van der Waals surface area (Å²) in [4.78, 5) is 47.4. The third-order valence-electron chi connectivity index (χ3n) is 5.39. The van der Waals surface area contributed by atoms with Gasteiger partial charge in [-0.2, -0.15) is 0 Å². The number of rotatable bonds is 13. The van der Waals surface area contributed by atoms with E-state index in [9.17, 15) is 14.4 Å². The van der Waals surface area contributed by atoms with Crippen molar-refractivity contribution in [3.05, 3.63) is 0 Å². The second kappa shape index (κ2) is 16.6. The van der Waals surface area contributed by atoms with Gasteiger partial charge in [0, 0.05) is 31.5 Å².